The van der Waals surface area contributed by atoms with Gasteiger partial charge >= 0.3 is 6.03 Å². The van der Waals surface area contributed by atoms with Crippen molar-refractivity contribution < 1.29 is 9.59 Å². The Morgan fingerprint density at radius 2 is 1.41 bits per heavy atom. The largest absolute Gasteiger partial charge is 0.334 e. The minimum absolute atomic E-state index is 0.0628. The number of amides is 3. The Bertz CT molecular complexity index is 836. The summed E-state index contributed by atoms with van der Waals surface area (Å²) in [5.74, 6) is -0.0628. The van der Waals surface area contributed by atoms with Crippen molar-refractivity contribution in [1.29, 1.82) is 0 Å². The Balaban J connectivity index is 1.23. The first kappa shape index (κ1) is 19.4. The second kappa shape index (κ2) is 8.65. The molecule has 1 aromatic heterocycles. The molecule has 0 atom stereocenters. The lowest BCUT2D eigenvalue weighted by Crippen LogP contribution is -2.57. The lowest BCUT2D eigenvalue weighted by molar-refractivity contribution is 0.0604. The molecule has 3 amide bonds. The van der Waals surface area contributed by atoms with Gasteiger partial charge < -0.3 is 14.7 Å². The number of carbonyl (C=O) groups excluding carboxylic acids is 2. The van der Waals surface area contributed by atoms with E-state index in [2.05, 4.69) is 34.3 Å². The standard InChI is InChI=1S/C21H28N6O2/c1-23-8-7-19(22-23)20(28)25-13-15-27(16-14-25)21(29)26-11-9-24(10-12-26)17-18-5-3-2-4-6-18/h2-8H,9-17H2,1H3. The summed E-state index contributed by atoms with van der Waals surface area (Å²) in [5, 5.41) is 4.18. The first-order chi connectivity index (χ1) is 14.1. The van der Waals surface area contributed by atoms with Crippen LogP contribution in [0.5, 0.6) is 0 Å². The van der Waals surface area contributed by atoms with Crippen LogP contribution in [0.1, 0.15) is 16.1 Å². The van der Waals surface area contributed by atoms with Gasteiger partial charge in [0.1, 0.15) is 5.69 Å². The van der Waals surface area contributed by atoms with Crippen LogP contribution in [0, 0.1) is 0 Å². The number of hydrogen-bond donors (Lipinski definition) is 0. The first-order valence-corrected chi connectivity index (χ1v) is 10.2. The zero-order chi connectivity index (χ0) is 20.2. The SMILES string of the molecule is Cn1ccc(C(=O)N2CCN(C(=O)N3CCN(Cc4ccccc4)CC3)CC2)n1. The van der Waals surface area contributed by atoms with Gasteiger partial charge in [-0.15, -0.1) is 0 Å². The second-order valence-corrected chi connectivity index (χ2v) is 7.69. The molecule has 2 aliphatic rings. The highest BCUT2D eigenvalue weighted by Crippen LogP contribution is 2.13. The molecular formula is C21H28N6O2. The number of hydrogen-bond acceptors (Lipinski definition) is 4. The van der Waals surface area contributed by atoms with E-state index in [0.717, 1.165) is 32.7 Å². The number of aryl methyl sites for hydroxylation is 1. The van der Waals surface area contributed by atoms with Crippen LogP contribution < -0.4 is 0 Å². The van der Waals surface area contributed by atoms with E-state index in [1.165, 1.54) is 5.56 Å². The smallest absolute Gasteiger partial charge is 0.320 e. The molecule has 0 spiro atoms. The summed E-state index contributed by atoms with van der Waals surface area (Å²) >= 11 is 0. The van der Waals surface area contributed by atoms with Crippen LogP contribution in [0.25, 0.3) is 0 Å². The van der Waals surface area contributed by atoms with E-state index in [1.807, 2.05) is 15.9 Å². The van der Waals surface area contributed by atoms with Crippen molar-refractivity contribution >= 4 is 11.9 Å². The molecule has 8 nitrogen and oxygen atoms in total. The highest BCUT2D eigenvalue weighted by atomic mass is 16.2. The summed E-state index contributed by atoms with van der Waals surface area (Å²) in [6.45, 7) is 6.44. The molecule has 2 saturated heterocycles. The average molecular weight is 396 g/mol. The predicted molar refractivity (Wildman–Crippen MR) is 109 cm³/mol. The van der Waals surface area contributed by atoms with Crippen LogP contribution in [-0.4, -0.2) is 93.7 Å². The Morgan fingerprint density at radius 1 is 0.828 bits per heavy atom. The van der Waals surface area contributed by atoms with Gasteiger partial charge in [-0.05, 0) is 11.6 Å². The molecule has 0 bridgehead atoms. The molecule has 1 aromatic carbocycles. The fourth-order valence-corrected chi connectivity index (χ4v) is 3.93. The normalized spacial score (nSPS) is 18.2. The second-order valence-electron chi connectivity index (χ2n) is 7.69. The zero-order valence-electron chi connectivity index (χ0n) is 16.9. The van der Waals surface area contributed by atoms with Crippen molar-refractivity contribution in [3.63, 3.8) is 0 Å². The maximum Gasteiger partial charge on any atom is 0.320 e. The van der Waals surface area contributed by atoms with Gasteiger partial charge in [0, 0.05) is 72.1 Å². The van der Waals surface area contributed by atoms with Crippen molar-refractivity contribution in [3.8, 4) is 0 Å². The third-order valence-corrected chi connectivity index (χ3v) is 5.66. The fraction of sp³-hybridized carbons (Fsp3) is 0.476. The van der Waals surface area contributed by atoms with Crippen molar-refractivity contribution in [3.05, 3.63) is 53.9 Å². The van der Waals surface area contributed by atoms with Crippen LogP contribution in [-0.2, 0) is 13.6 Å². The van der Waals surface area contributed by atoms with E-state index in [9.17, 15) is 9.59 Å². The van der Waals surface area contributed by atoms with Crippen molar-refractivity contribution in [2.24, 2.45) is 7.05 Å². The van der Waals surface area contributed by atoms with Gasteiger partial charge in [0.2, 0.25) is 0 Å². The number of piperazine rings is 2. The monoisotopic (exact) mass is 396 g/mol. The van der Waals surface area contributed by atoms with Crippen LogP contribution in [0.2, 0.25) is 0 Å². The van der Waals surface area contributed by atoms with Crippen LogP contribution in [0.15, 0.2) is 42.6 Å². The van der Waals surface area contributed by atoms with E-state index in [1.54, 1.807) is 28.9 Å². The molecule has 0 radical (unpaired) electrons. The van der Waals surface area contributed by atoms with Gasteiger partial charge in [0.15, 0.2) is 0 Å². The average Bonchev–Trinajstić information content (AvgIpc) is 3.20. The Hall–Kier alpha value is -2.87. The first-order valence-electron chi connectivity index (χ1n) is 10.2. The molecule has 3 heterocycles. The summed E-state index contributed by atoms with van der Waals surface area (Å²) < 4.78 is 1.63. The summed E-state index contributed by atoms with van der Waals surface area (Å²) in [6, 6.07) is 12.3. The maximum absolute atomic E-state index is 12.9. The summed E-state index contributed by atoms with van der Waals surface area (Å²) in [7, 11) is 1.80. The highest BCUT2D eigenvalue weighted by molar-refractivity contribution is 5.92. The molecule has 2 aliphatic heterocycles. The molecule has 0 saturated carbocycles. The molecule has 29 heavy (non-hydrogen) atoms. The Labute approximate surface area is 171 Å². The maximum atomic E-state index is 12.9. The van der Waals surface area contributed by atoms with Crippen molar-refractivity contribution in [2.45, 2.75) is 6.54 Å². The molecule has 2 aromatic rings. The number of rotatable bonds is 3. The summed E-state index contributed by atoms with van der Waals surface area (Å²) in [4.78, 5) is 33.4. The minimum atomic E-state index is -0.0628. The minimum Gasteiger partial charge on any atom is -0.334 e. The van der Waals surface area contributed by atoms with Crippen LogP contribution >= 0.6 is 0 Å². The van der Waals surface area contributed by atoms with Gasteiger partial charge in [-0.25, -0.2) is 4.79 Å². The van der Waals surface area contributed by atoms with E-state index >= 15 is 0 Å². The predicted octanol–water partition coefficient (Wildman–Crippen LogP) is 1.12. The number of urea groups is 1. The van der Waals surface area contributed by atoms with Crippen molar-refractivity contribution in [2.75, 3.05) is 52.4 Å². The molecule has 0 unspecified atom stereocenters. The van der Waals surface area contributed by atoms with E-state index in [4.69, 9.17) is 0 Å². The summed E-state index contributed by atoms with van der Waals surface area (Å²) in [6.07, 6.45) is 1.77. The number of carbonyl (C=O) groups is 2. The van der Waals surface area contributed by atoms with E-state index in [-0.39, 0.29) is 11.9 Å². The van der Waals surface area contributed by atoms with Gasteiger partial charge in [-0.3, -0.25) is 14.4 Å². The number of benzene rings is 1. The molecule has 2 fully saturated rings. The van der Waals surface area contributed by atoms with Gasteiger partial charge in [0.25, 0.3) is 5.91 Å². The molecule has 0 N–H and O–H groups in total. The zero-order valence-corrected chi connectivity index (χ0v) is 16.9. The quantitative estimate of drug-likeness (QED) is 0.780. The number of nitrogens with zero attached hydrogens (tertiary/aromatic N) is 6. The lowest BCUT2D eigenvalue weighted by atomic mass is 10.2. The number of aromatic nitrogens is 2. The van der Waals surface area contributed by atoms with Gasteiger partial charge in [-0.1, -0.05) is 30.3 Å². The molecular weight excluding hydrogens is 368 g/mol. The Morgan fingerprint density at radius 3 is 2.00 bits per heavy atom. The third kappa shape index (κ3) is 4.59. The lowest BCUT2D eigenvalue weighted by Gasteiger charge is -2.40. The van der Waals surface area contributed by atoms with Crippen LogP contribution in [0.3, 0.4) is 0 Å². The topological polar surface area (TPSA) is 64.9 Å². The van der Waals surface area contributed by atoms with Crippen LogP contribution in [0.4, 0.5) is 4.79 Å². The van der Waals surface area contributed by atoms with Crippen molar-refractivity contribution in [1.82, 2.24) is 29.4 Å². The molecule has 4 rings (SSSR count). The van der Waals surface area contributed by atoms with Gasteiger partial charge in [0.05, 0.1) is 0 Å². The fourth-order valence-electron chi connectivity index (χ4n) is 3.93. The molecule has 154 valence electrons. The molecule has 8 heteroatoms. The summed E-state index contributed by atoms with van der Waals surface area (Å²) in [5.41, 5.74) is 1.77. The van der Waals surface area contributed by atoms with Gasteiger partial charge in [-0.2, -0.15) is 5.10 Å². The Kier molecular flexibility index (Phi) is 5.80. The third-order valence-electron chi connectivity index (χ3n) is 5.66. The van der Waals surface area contributed by atoms with E-state index in [0.29, 0.717) is 31.9 Å². The molecule has 0 aliphatic carbocycles. The highest BCUT2D eigenvalue weighted by Gasteiger charge is 2.30. The van der Waals surface area contributed by atoms with E-state index < -0.39 is 0 Å².